The molecule has 13 rings (SSSR count). The highest BCUT2D eigenvalue weighted by atomic mass is 16.5. The molecule has 0 radical (unpaired) electrons. The maximum Gasteiger partial charge on any atom is 0.135 e. The molecule has 0 saturated carbocycles. The Labute approximate surface area is 347 Å². The summed E-state index contributed by atoms with van der Waals surface area (Å²) in [6.45, 7) is 0. The van der Waals surface area contributed by atoms with Gasteiger partial charge in [-0.2, -0.15) is 0 Å². The van der Waals surface area contributed by atoms with Crippen LogP contribution in [0.2, 0.25) is 0 Å². The van der Waals surface area contributed by atoms with Gasteiger partial charge in [-0.15, -0.1) is 0 Å². The third-order valence-corrected chi connectivity index (χ3v) is 12.7. The highest BCUT2D eigenvalue weighted by molar-refractivity contribution is 6.23. The van der Waals surface area contributed by atoms with Crippen LogP contribution in [0.1, 0.15) is 0 Å². The van der Waals surface area contributed by atoms with Gasteiger partial charge in [0.25, 0.3) is 0 Å². The van der Waals surface area contributed by atoms with Crippen LogP contribution in [0.25, 0.3) is 110 Å². The van der Waals surface area contributed by atoms with E-state index in [9.17, 15) is 0 Å². The topological polar surface area (TPSA) is 18.5 Å². The fourth-order valence-electron chi connectivity index (χ4n) is 10.1. The first-order valence-corrected chi connectivity index (χ1v) is 20.6. The molecule has 11 aromatic carbocycles. The van der Waals surface area contributed by atoms with Crippen LogP contribution in [0.4, 0.5) is 0 Å². The molecule has 11 aromatic rings. The second kappa shape index (κ2) is 12.8. The molecule has 60 heavy (non-hydrogen) atoms. The van der Waals surface area contributed by atoms with E-state index < -0.39 is 0 Å². The Bertz CT molecular complexity index is 3390. The number of para-hydroxylation sites is 2. The summed E-state index contributed by atoms with van der Waals surface area (Å²) in [6, 6.07) is 74.6. The summed E-state index contributed by atoms with van der Waals surface area (Å²) < 4.78 is 13.0. The van der Waals surface area contributed by atoms with Gasteiger partial charge in [-0.3, -0.25) is 0 Å². The minimum Gasteiger partial charge on any atom is -0.456 e. The van der Waals surface area contributed by atoms with Gasteiger partial charge in [-0.05, 0) is 124 Å². The van der Waals surface area contributed by atoms with Crippen LogP contribution in [0.15, 0.2) is 206 Å². The molecule has 2 heteroatoms. The Hall–Kier alpha value is -7.94. The second-order valence-corrected chi connectivity index (χ2v) is 15.9. The van der Waals surface area contributed by atoms with Crippen LogP contribution >= 0.6 is 0 Å². The summed E-state index contributed by atoms with van der Waals surface area (Å²) in [6.07, 6.45) is 0. The van der Waals surface area contributed by atoms with E-state index in [-0.39, 0.29) is 0 Å². The summed E-state index contributed by atoms with van der Waals surface area (Å²) in [5, 5.41) is 9.55. The van der Waals surface area contributed by atoms with E-state index in [1.165, 1.54) is 88.0 Å². The first-order valence-electron chi connectivity index (χ1n) is 20.6. The van der Waals surface area contributed by atoms with E-state index >= 15 is 0 Å². The van der Waals surface area contributed by atoms with Crippen molar-refractivity contribution in [1.82, 2.24) is 0 Å². The van der Waals surface area contributed by atoms with Gasteiger partial charge in [0, 0.05) is 21.9 Å². The molecule has 2 aliphatic heterocycles. The lowest BCUT2D eigenvalue weighted by Gasteiger charge is -2.23. The Balaban J connectivity index is 1.08. The molecule has 0 atom stereocenters. The molecular formula is C58H34O2. The van der Waals surface area contributed by atoms with Crippen molar-refractivity contribution < 1.29 is 9.47 Å². The Morgan fingerprint density at radius 3 is 1.20 bits per heavy atom. The van der Waals surface area contributed by atoms with Crippen molar-refractivity contribution >= 4 is 43.1 Å². The fourth-order valence-corrected chi connectivity index (χ4v) is 10.1. The van der Waals surface area contributed by atoms with Crippen LogP contribution in [0.5, 0.6) is 23.0 Å². The van der Waals surface area contributed by atoms with Gasteiger partial charge in [-0.25, -0.2) is 0 Å². The first kappa shape index (κ1) is 33.1. The van der Waals surface area contributed by atoms with Crippen molar-refractivity contribution in [2.24, 2.45) is 0 Å². The summed E-state index contributed by atoms with van der Waals surface area (Å²) >= 11 is 0. The summed E-state index contributed by atoms with van der Waals surface area (Å²) in [5.41, 5.74) is 14.2. The molecule has 0 spiro atoms. The van der Waals surface area contributed by atoms with E-state index in [1.807, 2.05) is 12.1 Å². The van der Waals surface area contributed by atoms with Gasteiger partial charge in [0.2, 0.25) is 0 Å². The number of hydrogen-bond acceptors (Lipinski definition) is 2. The Morgan fingerprint density at radius 1 is 0.217 bits per heavy atom. The molecule has 0 aromatic heterocycles. The highest BCUT2D eigenvalue weighted by Gasteiger charge is 2.25. The summed E-state index contributed by atoms with van der Waals surface area (Å²) in [7, 11) is 0. The third-order valence-electron chi connectivity index (χ3n) is 12.7. The van der Waals surface area contributed by atoms with E-state index in [0.29, 0.717) is 0 Å². The minimum absolute atomic E-state index is 0.898. The van der Waals surface area contributed by atoms with Crippen molar-refractivity contribution in [1.29, 1.82) is 0 Å². The zero-order valence-electron chi connectivity index (χ0n) is 32.4. The molecule has 0 bridgehead atoms. The molecule has 0 fully saturated rings. The normalized spacial score (nSPS) is 12.3. The van der Waals surface area contributed by atoms with Crippen molar-refractivity contribution in [3.05, 3.63) is 206 Å². The van der Waals surface area contributed by atoms with E-state index in [0.717, 1.165) is 44.9 Å². The largest absolute Gasteiger partial charge is 0.456 e. The smallest absolute Gasteiger partial charge is 0.135 e. The van der Waals surface area contributed by atoms with Gasteiger partial charge < -0.3 is 9.47 Å². The van der Waals surface area contributed by atoms with Crippen LogP contribution in [0.3, 0.4) is 0 Å². The number of rotatable bonds is 4. The van der Waals surface area contributed by atoms with Gasteiger partial charge in [-0.1, -0.05) is 170 Å². The maximum atomic E-state index is 6.49. The fraction of sp³-hybridized carbons (Fsp3) is 0. The van der Waals surface area contributed by atoms with Crippen LogP contribution in [-0.4, -0.2) is 0 Å². The molecule has 0 amide bonds. The summed E-state index contributed by atoms with van der Waals surface area (Å²) in [4.78, 5) is 0. The number of benzene rings is 11. The summed E-state index contributed by atoms with van der Waals surface area (Å²) in [5.74, 6) is 3.59. The average molecular weight is 763 g/mol. The van der Waals surface area contributed by atoms with Crippen LogP contribution in [-0.2, 0) is 0 Å². The predicted octanol–water partition coefficient (Wildman–Crippen LogP) is 16.5. The number of hydrogen-bond donors (Lipinski definition) is 0. The van der Waals surface area contributed by atoms with Crippen molar-refractivity contribution in [3.8, 4) is 89.8 Å². The molecule has 2 aliphatic rings. The Kier molecular flexibility index (Phi) is 7.05. The zero-order chi connectivity index (χ0) is 39.3. The number of ether oxygens (including phenoxy) is 2. The minimum atomic E-state index is 0.898. The van der Waals surface area contributed by atoms with E-state index in [4.69, 9.17) is 9.47 Å². The van der Waals surface area contributed by atoms with Crippen LogP contribution in [0, 0.1) is 0 Å². The van der Waals surface area contributed by atoms with Crippen molar-refractivity contribution in [2.45, 2.75) is 0 Å². The third kappa shape index (κ3) is 4.82. The SMILES string of the molecule is c1ccc(-c2c3ccc(-c4ccc5c6c(cccc46)Oc4ccccc4-5)cc3c(-c3ccccc3)c3ccc(-c4ccc5c6c(cccc46)-c4ccccc4O5)cc23)cc1. The standard InChI is InChI=1S/C58H34O2/c1-3-13-35(14-4-1)55-48-28-26-38(40-31-32-54-57-43(40)19-11-20-45(57)41-17-7-9-22-51(41)60-54)34-50(48)56(36-15-5-2-6-16-36)47-27-25-37(33-49(47)55)39-29-30-46-42-18-8-10-23-52(42)59-53-24-12-21-44(39)58(46)53/h1-34H. The number of fused-ring (bicyclic) bond motifs is 6. The Morgan fingerprint density at radius 2 is 0.633 bits per heavy atom. The first-order chi connectivity index (χ1) is 29.8. The molecule has 0 saturated heterocycles. The second-order valence-electron chi connectivity index (χ2n) is 15.9. The zero-order valence-corrected chi connectivity index (χ0v) is 32.4. The van der Waals surface area contributed by atoms with Gasteiger partial charge in [0.1, 0.15) is 23.0 Å². The van der Waals surface area contributed by atoms with Gasteiger partial charge in [0.05, 0.1) is 0 Å². The van der Waals surface area contributed by atoms with Crippen molar-refractivity contribution in [2.75, 3.05) is 0 Å². The van der Waals surface area contributed by atoms with Crippen LogP contribution < -0.4 is 9.47 Å². The molecule has 2 nitrogen and oxygen atoms in total. The lowest BCUT2D eigenvalue weighted by atomic mass is 9.83. The molecule has 0 N–H and O–H groups in total. The lowest BCUT2D eigenvalue weighted by Crippen LogP contribution is -1.98. The highest BCUT2D eigenvalue weighted by Crippen LogP contribution is 2.52. The monoisotopic (exact) mass is 762 g/mol. The van der Waals surface area contributed by atoms with Gasteiger partial charge >= 0.3 is 0 Å². The average Bonchev–Trinajstić information content (AvgIpc) is 3.31. The lowest BCUT2D eigenvalue weighted by molar-refractivity contribution is 0.487. The molecular weight excluding hydrogens is 729 g/mol. The van der Waals surface area contributed by atoms with E-state index in [2.05, 4.69) is 194 Å². The molecule has 0 unspecified atom stereocenters. The molecule has 0 aliphatic carbocycles. The molecule has 278 valence electrons. The predicted molar refractivity (Wildman–Crippen MR) is 249 cm³/mol. The molecule has 2 heterocycles. The van der Waals surface area contributed by atoms with Crippen molar-refractivity contribution in [3.63, 3.8) is 0 Å². The van der Waals surface area contributed by atoms with E-state index in [1.54, 1.807) is 0 Å². The van der Waals surface area contributed by atoms with Gasteiger partial charge in [0.15, 0.2) is 0 Å². The quantitative estimate of drug-likeness (QED) is 0.166. The maximum absolute atomic E-state index is 6.49.